The molecule has 1 aromatic carbocycles. The lowest BCUT2D eigenvalue weighted by atomic mass is 10.1. The molecule has 0 aliphatic rings. The summed E-state index contributed by atoms with van der Waals surface area (Å²) in [6.45, 7) is 0.0613. The highest BCUT2D eigenvalue weighted by molar-refractivity contribution is 5.99. The number of hydrogen-bond acceptors (Lipinski definition) is 4. The van der Waals surface area contributed by atoms with Gasteiger partial charge in [0.05, 0.1) is 30.3 Å². The Balaban J connectivity index is 1.70. The third-order valence-electron chi connectivity index (χ3n) is 3.27. The maximum atomic E-state index is 12.3. The van der Waals surface area contributed by atoms with Crippen LogP contribution in [0.1, 0.15) is 22.2 Å². The number of furan rings is 1. The molecule has 112 valence electrons. The number of nitrogens with zero attached hydrogens (tertiary/aromatic N) is 1. The maximum Gasteiger partial charge on any atom is 0.255 e. The van der Waals surface area contributed by atoms with Crippen LogP contribution < -0.4 is 5.32 Å². The van der Waals surface area contributed by atoms with Crippen molar-refractivity contribution in [1.82, 2.24) is 15.5 Å². The van der Waals surface area contributed by atoms with E-state index in [-0.39, 0.29) is 12.5 Å². The van der Waals surface area contributed by atoms with Crippen molar-refractivity contribution in [2.45, 2.75) is 6.10 Å². The molecular formula is C16H15N3O3. The Morgan fingerprint density at radius 1 is 1.27 bits per heavy atom. The van der Waals surface area contributed by atoms with Crippen LogP contribution in [0.25, 0.3) is 11.3 Å². The van der Waals surface area contributed by atoms with Gasteiger partial charge in [0.2, 0.25) is 0 Å². The standard InChI is InChI=1S/C16H15N3O3/c20-13(14-7-4-8-22-14)10-17-16(21)12-9-18-19-15(12)11-5-2-1-3-6-11/h1-9,13,20H,10H2,(H,17,21)(H,18,19). The maximum absolute atomic E-state index is 12.3. The molecule has 0 radical (unpaired) electrons. The van der Waals surface area contributed by atoms with E-state index in [1.807, 2.05) is 30.3 Å². The first-order valence-electron chi connectivity index (χ1n) is 6.84. The second-order valence-corrected chi connectivity index (χ2v) is 4.77. The zero-order chi connectivity index (χ0) is 15.4. The molecule has 0 aliphatic heterocycles. The minimum atomic E-state index is -0.883. The van der Waals surface area contributed by atoms with E-state index in [0.717, 1.165) is 5.56 Å². The van der Waals surface area contributed by atoms with E-state index in [2.05, 4.69) is 15.5 Å². The van der Waals surface area contributed by atoms with Crippen LogP contribution >= 0.6 is 0 Å². The monoisotopic (exact) mass is 297 g/mol. The first kappa shape index (κ1) is 14.1. The van der Waals surface area contributed by atoms with Gasteiger partial charge in [-0.05, 0) is 12.1 Å². The van der Waals surface area contributed by atoms with E-state index in [0.29, 0.717) is 17.0 Å². The number of aliphatic hydroxyl groups is 1. The van der Waals surface area contributed by atoms with Crippen LogP contribution in [0.4, 0.5) is 0 Å². The fourth-order valence-corrected chi connectivity index (χ4v) is 2.15. The molecule has 6 nitrogen and oxygen atoms in total. The number of aromatic nitrogens is 2. The molecule has 3 aromatic rings. The molecule has 0 fully saturated rings. The van der Waals surface area contributed by atoms with Gasteiger partial charge in [-0.15, -0.1) is 0 Å². The van der Waals surface area contributed by atoms with E-state index in [1.165, 1.54) is 12.5 Å². The van der Waals surface area contributed by atoms with Crippen molar-refractivity contribution in [2.24, 2.45) is 0 Å². The molecular weight excluding hydrogens is 282 g/mol. The first-order chi connectivity index (χ1) is 10.8. The number of rotatable bonds is 5. The topological polar surface area (TPSA) is 91.2 Å². The summed E-state index contributed by atoms with van der Waals surface area (Å²) in [6, 6.07) is 12.8. The van der Waals surface area contributed by atoms with Gasteiger partial charge in [-0.2, -0.15) is 5.10 Å². The van der Waals surface area contributed by atoms with Crippen LogP contribution in [0.3, 0.4) is 0 Å². The van der Waals surface area contributed by atoms with E-state index in [1.54, 1.807) is 12.1 Å². The largest absolute Gasteiger partial charge is 0.467 e. The predicted molar refractivity (Wildman–Crippen MR) is 80.0 cm³/mol. The molecule has 0 aliphatic carbocycles. The van der Waals surface area contributed by atoms with Gasteiger partial charge < -0.3 is 14.8 Å². The molecule has 1 amide bonds. The fourth-order valence-electron chi connectivity index (χ4n) is 2.15. The van der Waals surface area contributed by atoms with Gasteiger partial charge in [-0.1, -0.05) is 30.3 Å². The van der Waals surface area contributed by atoms with Crippen molar-refractivity contribution in [3.05, 3.63) is 66.2 Å². The van der Waals surface area contributed by atoms with E-state index in [4.69, 9.17) is 4.42 Å². The predicted octanol–water partition coefficient (Wildman–Crippen LogP) is 2.13. The minimum absolute atomic E-state index is 0.0613. The van der Waals surface area contributed by atoms with Crippen molar-refractivity contribution in [3.63, 3.8) is 0 Å². The van der Waals surface area contributed by atoms with Crippen LogP contribution in [0, 0.1) is 0 Å². The van der Waals surface area contributed by atoms with Crippen molar-refractivity contribution < 1.29 is 14.3 Å². The SMILES string of the molecule is O=C(NCC(O)c1ccco1)c1cn[nH]c1-c1ccccc1. The molecule has 6 heteroatoms. The average molecular weight is 297 g/mol. The smallest absolute Gasteiger partial charge is 0.255 e. The molecule has 3 rings (SSSR count). The molecule has 2 heterocycles. The molecule has 0 bridgehead atoms. The van der Waals surface area contributed by atoms with Gasteiger partial charge in [-0.3, -0.25) is 9.89 Å². The first-order valence-corrected chi connectivity index (χ1v) is 6.84. The second kappa shape index (κ2) is 6.28. The van der Waals surface area contributed by atoms with Crippen LogP contribution in [0.2, 0.25) is 0 Å². The molecule has 3 N–H and O–H groups in total. The Hall–Kier alpha value is -2.86. The van der Waals surface area contributed by atoms with Gasteiger partial charge in [0.15, 0.2) is 0 Å². The average Bonchev–Trinajstić information content (AvgIpc) is 3.24. The molecule has 0 saturated heterocycles. The second-order valence-electron chi connectivity index (χ2n) is 4.77. The molecule has 1 atom stereocenters. The van der Waals surface area contributed by atoms with Gasteiger partial charge >= 0.3 is 0 Å². The Labute approximate surface area is 126 Å². The Morgan fingerprint density at radius 2 is 2.09 bits per heavy atom. The molecule has 2 aromatic heterocycles. The summed E-state index contributed by atoms with van der Waals surface area (Å²) in [5.74, 6) is 0.106. The van der Waals surface area contributed by atoms with E-state index < -0.39 is 6.10 Å². The number of amides is 1. The highest BCUT2D eigenvalue weighted by Gasteiger charge is 2.17. The summed E-state index contributed by atoms with van der Waals surface area (Å²) in [7, 11) is 0. The zero-order valence-electron chi connectivity index (χ0n) is 11.7. The number of benzene rings is 1. The van der Waals surface area contributed by atoms with Gasteiger partial charge in [-0.25, -0.2) is 0 Å². The Morgan fingerprint density at radius 3 is 2.82 bits per heavy atom. The van der Waals surface area contributed by atoms with Crippen molar-refractivity contribution >= 4 is 5.91 Å². The summed E-state index contributed by atoms with van der Waals surface area (Å²) in [4.78, 5) is 12.3. The fraction of sp³-hybridized carbons (Fsp3) is 0.125. The molecule has 22 heavy (non-hydrogen) atoms. The van der Waals surface area contributed by atoms with Crippen LogP contribution in [-0.4, -0.2) is 27.8 Å². The summed E-state index contributed by atoms with van der Waals surface area (Å²) in [5.41, 5.74) is 1.94. The number of carbonyl (C=O) groups excluding carboxylic acids is 1. The minimum Gasteiger partial charge on any atom is -0.467 e. The Kier molecular flexibility index (Phi) is 4.02. The number of carbonyl (C=O) groups is 1. The number of H-pyrrole nitrogens is 1. The highest BCUT2D eigenvalue weighted by atomic mass is 16.4. The van der Waals surface area contributed by atoms with Crippen LogP contribution in [0.5, 0.6) is 0 Å². The van der Waals surface area contributed by atoms with Crippen molar-refractivity contribution in [2.75, 3.05) is 6.54 Å². The van der Waals surface area contributed by atoms with Gasteiger partial charge in [0, 0.05) is 5.56 Å². The van der Waals surface area contributed by atoms with Crippen molar-refractivity contribution in [3.8, 4) is 11.3 Å². The van der Waals surface area contributed by atoms with Gasteiger partial charge in [0.1, 0.15) is 11.9 Å². The molecule has 0 spiro atoms. The Bertz CT molecular complexity index is 735. The molecule has 1 unspecified atom stereocenters. The zero-order valence-corrected chi connectivity index (χ0v) is 11.7. The third-order valence-corrected chi connectivity index (χ3v) is 3.27. The number of aliphatic hydroxyl groups excluding tert-OH is 1. The summed E-state index contributed by atoms with van der Waals surface area (Å²) in [6.07, 6.45) is 2.06. The summed E-state index contributed by atoms with van der Waals surface area (Å²) >= 11 is 0. The molecule has 0 saturated carbocycles. The lowest BCUT2D eigenvalue weighted by Crippen LogP contribution is -2.28. The number of nitrogens with one attached hydrogen (secondary N) is 2. The normalized spacial score (nSPS) is 12.0. The number of hydrogen-bond donors (Lipinski definition) is 3. The lowest BCUT2D eigenvalue weighted by molar-refractivity contribution is 0.0902. The quantitative estimate of drug-likeness (QED) is 0.673. The number of aromatic amines is 1. The summed E-state index contributed by atoms with van der Waals surface area (Å²) < 4.78 is 5.09. The van der Waals surface area contributed by atoms with Crippen LogP contribution in [0.15, 0.2) is 59.3 Å². The van der Waals surface area contributed by atoms with E-state index >= 15 is 0 Å². The van der Waals surface area contributed by atoms with E-state index in [9.17, 15) is 9.90 Å². The van der Waals surface area contributed by atoms with Crippen molar-refractivity contribution in [1.29, 1.82) is 0 Å². The lowest BCUT2D eigenvalue weighted by Gasteiger charge is -2.09. The highest BCUT2D eigenvalue weighted by Crippen LogP contribution is 2.20. The summed E-state index contributed by atoms with van der Waals surface area (Å²) in [5, 5.41) is 19.3. The van der Waals surface area contributed by atoms with Crippen LogP contribution in [-0.2, 0) is 0 Å². The third kappa shape index (κ3) is 2.91. The van der Waals surface area contributed by atoms with Gasteiger partial charge in [0.25, 0.3) is 5.91 Å².